The molecule has 2 aromatic carbocycles. The van der Waals surface area contributed by atoms with Crippen LogP contribution >= 0.6 is 28.1 Å². The first-order valence-corrected chi connectivity index (χ1v) is 8.50. The van der Waals surface area contributed by atoms with E-state index in [1.165, 1.54) is 0 Å². The number of rotatable bonds is 4. The Morgan fingerprint density at radius 1 is 1.21 bits per heavy atom. The zero-order chi connectivity index (χ0) is 16.9. The van der Waals surface area contributed by atoms with Crippen LogP contribution in [0.1, 0.15) is 11.5 Å². The van der Waals surface area contributed by atoms with Gasteiger partial charge in [-0.05, 0) is 43.4 Å². The fourth-order valence-corrected chi connectivity index (χ4v) is 2.71. The minimum absolute atomic E-state index is 0.360. The number of halogens is 1. The van der Waals surface area contributed by atoms with Crippen molar-refractivity contribution < 1.29 is 4.52 Å². The molecule has 0 amide bonds. The van der Waals surface area contributed by atoms with E-state index < -0.39 is 0 Å². The molecule has 3 rings (SSSR count). The largest absolute Gasteiger partial charge is 0.353 e. The van der Waals surface area contributed by atoms with E-state index in [-0.39, 0.29) is 0 Å². The van der Waals surface area contributed by atoms with Crippen LogP contribution in [0.5, 0.6) is 0 Å². The molecule has 3 aromatic rings. The molecule has 0 spiro atoms. The molecule has 0 aliphatic rings. The molecule has 2 N–H and O–H groups in total. The molecule has 0 saturated heterocycles. The molecule has 1 aromatic heterocycles. The van der Waals surface area contributed by atoms with E-state index in [1.54, 1.807) is 0 Å². The average molecular weight is 403 g/mol. The molecule has 0 fully saturated rings. The van der Waals surface area contributed by atoms with Crippen LogP contribution in [0.4, 0.5) is 5.69 Å². The zero-order valence-corrected chi connectivity index (χ0v) is 15.3. The molecule has 0 atom stereocenters. The molecule has 0 saturated carbocycles. The zero-order valence-electron chi connectivity index (χ0n) is 12.9. The van der Waals surface area contributed by atoms with Gasteiger partial charge in [-0.2, -0.15) is 4.98 Å². The summed E-state index contributed by atoms with van der Waals surface area (Å²) in [6.45, 7) is 2.39. The van der Waals surface area contributed by atoms with Crippen molar-refractivity contribution in [3.8, 4) is 11.4 Å². The molecule has 0 radical (unpaired) electrons. The Kier molecular flexibility index (Phi) is 5.22. The fourth-order valence-electron chi connectivity index (χ4n) is 2.13. The smallest absolute Gasteiger partial charge is 0.246 e. The molecule has 5 nitrogen and oxygen atoms in total. The van der Waals surface area contributed by atoms with E-state index >= 15 is 0 Å². The van der Waals surface area contributed by atoms with Gasteiger partial charge in [-0.1, -0.05) is 50.9 Å². The quantitative estimate of drug-likeness (QED) is 0.634. The van der Waals surface area contributed by atoms with Gasteiger partial charge in [0.25, 0.3) is 0 Å². The standard InChI is InChI=1S/C17H15BrN4OS/c1-11-4-2-5-12(8-11)16-21-15(23-22-16)10-19-17(24)20-14-7-3-6-13(18)9-14/h2-9H,10H2,1H3,(H2,19,20,24). The highest BCUT2D eigenvalue weighted by molar-refractivity contribution is 9.10. The van der Waals surface area contributed by atoms with Crippen molar-refractivity contribution >= 4 is 38.9 Å². The van der Waals surface area contributed by atoms with Gasteiger partial charge in [-0.15, -0.1) is 0 Å². The fraction of sp³-hybridized carbons (Fsp3) is 0.118. The second kappa shape index (κ2) is 7.55. The van der Waals surface area contributed by atoms with E-state index in [9.17, 15) is 0 Å². The van der Waals surface area contributed by atoms with Crippen LogP contribution in [0.3, 0.4) is 0 Å². The molecule has 0 aliphatic heterocycles. The molecule has 7 heteroatoms. The number of nitrogens with zero attached hydrogens (tertiary/aromatic N) is 2. The summed E-state index contributed by atoms with van der Waals surface area (Å²) in [6, 6.07) is 15.7. The Labute approximate surface area is 153 Å². The highest BCUT2D eigenvalue weighted by Gasteiger charge is 2.09. The molecule has 0 aliphatic carbocycles. The molecule has 1 heterocycles. The minimum Gasteiger partial charge on any atom is -0.353 e. The highest BCUT2D eigenvalue weighted by atomic mass is 79.9. The average Bonchev–Trinajstić information content (AvgIpc) is 3.02. The summed E-state index contributed by atoms with van der Waals surface area (Å²) in [6.07, 6.45) is 0. The lowest BCUT2D eigenvalue weighted by molar-refractivity contribution is 0.376. The maximum absolute atomic E-state index is 5.27. The van der Waals surface area contributed by atoms with Gasteiger partial charge in [-0.25, -0.2) is 0 Å². The monoisotopic (exact) mass is 402 g/mol. The lowest BCUT2D eigenvalue weighted by Gasteiger charge is -2.08. The van der Waals surface area contributed by atoms with Crippen molar-refractivity contribution in [3.05, 3.63) is 64.5 Å². The van der Waals surface area contributed by atoms with E-state index in [0.29, 0.717) is 23.4 Å². The van der Waals surface area contributed by atoms with Crippen molar-refractivity contribution in [2.24, 2.45) is 0 Å². The summed E-state index contributed by atoms with van der Waals surface area (Å²) in [4.78, 5) is 4.38. The lowest BCUT2D eigenvalue weighted by atomic mass is 10.1. The van der Waals surface area contributed by atoms with Gasteiger partial charge in [0.1, 0.15) is 0 Å². The van der Waals surface area contributed by atoms with Gasteiger partial charge in [0.2, 0.25) is 11.7 Å². The van der Waals surface area contributed by atoms with Crippen LogP contribution in [0.25, 0.3) is 11.4 Å². The molecule has 0 bridgehead atoms. The number of aromatic nitrogens is 2. The number of hydrogen-bond acceptors (Lipinski definition) is 4. The highest BCUT2D eigenvalue weighted by Crippen LogP contribution is 2.17. The van der Waals surface area contributed by atoms with Crippen LogP contribution in [-0.4, -0.2) is 15.3 Å². The van der Waals surface area contributed by atoms with Gasteiger partial charge < -0.3 is 15.2 Å². The Morgan fingerprint density at radius 2 is 2.04 bits per heavy atom. The molecular weight excluding hydrogens is 388 g/mol. The van der Waals surface area contributed by atoms with Crippen molar-refractivity contribution in [2.45, 2.75) is 13.5 Å². The summed E-state index contributed by atoms with van der Waals surface area (Å²) < 4.78 is 6.24. The molecule has 122 valence electrons. The van der Waals surface area contributed by atoms with Crippen LogP contribution in [0.15, 0.2) is 57.5 Å². The first kappa shape index (κ1) is 16.6. The lowest BCUT2D eigenvalue weighted by Crippen LogP contribution is -2.27. The Hall–Kier alpha value is -2.25. The number of nitrogens with one attached hydrogen (secondary N) is 2. The van der Waals surface area contributed by atoms with Gasteiger partial charge in [0.15, 0.2) is 5.11 Å². The van der Waals surface area contributed by atoms with E-state index in [4.69, 9.17) is 16.7 Å². The van der Waals surface area contributed by atoms with Crippen molar-refractivity contribution in [1.82, 2.24) is 15.5 Å². The summed E-state index contributed by atoms with van der Waals surface area (Å²) in [5.74, 6) is 1.05. The van der Waals surface area contributed by atoms with Gasteiger partial charge in [0.05, 0.1) is 6.54 Å². The number of anilines is 1. The Balaban J connectivity index is 1.58. The van der Waals surface area contributed by atoms with Gasteiger partial charge in [0, 0.05) is 15.7 Å². The van der Waals surface area contributed by atoms with Crippen LogP contribution in [-0.2, 0) is 6.54 Å². The van der Waals surface area contributed by atoms with Crippen molar-refractivity contribution in [1.29, 1.82) is 0 Å². The van der Waals surface area contributed by atoms with Crippen LogP contribution in [0.2, 0.25) is 0 Å². The van der Waals surface area contributed by atoms with Crippen molar-refractivity contribution in [3.63, 3.8) is 0 Å². The second-order valence-electron chi connectivity index (χ2n) is 5.20. The molecule has 24 heavy (non-hydrogen) atoms. The second-order valence-corrected chi connectivity index (χ2v) is 6.52. The predicted octanol–water partition coefficient (Wildman–Crippen LogP) is 4.29. The predicted molar refractivity (Wildman–Crippen MR) is 102 cm³/mol. The van der Waals surface area contributed by atoms with Gasteiger partial charge in [-0.3, -0.25) is 0 Å². The maximum atomic E-state index is 5.27. The van der Waals surface area contributed by atoms with E-state index in [2.05, 4.69) is 36.7 Å². The summed E-state index contributed by atoms with van der Waals surface area (Å²) in [5, 5.41) is 10.6. The molecular formula is C17H15BrN4OS. The Morgan fingerprint density at radius 3 is 2.83 bits per heavy atom. The minimum atomic E-state index is 0.360. The van der Waals surface area contributed by atoms with E-state index in [1.807, 2.05) is 55.5 Å². The number of hydrogen-bond donors (Lipinski definition) is 2. The first-order valence-electron chi connectivity index (χ1n) is 7.30. The van der Waals surface area contributed by atoms with Crippen LogP contribution in [0, 0.1) is 6.92 Å². The normalized spacial score (nSPS) is 10.4. The number of thiocarbonyl (C=S) groups is 1. The first-order chi connectivity index (χ1) is 11.6. The van der Waals surface area contributed by atoms with Crippen LogP contribution < -0.4 is 10.6 Å². The van der Waals surface area contributed by atoms with E-state index in [0.717, 1.165) is 21.3 Å². The molecule has 0 unspecified atom stereocenters. The maximum Gasteiger partial charge on any atom is 0.246 e. The summed E-state index contributed by atoms with van der Waals surface area (Å²) in [7, 11) is 0. The van der Waals surface area contributed by atoms with Gasteiger partial charge >= 0.3 is 0 Å². The third kappa shape index (κ3) is 4.39. The van der Waals surface area contributed by atoms with Crippen molar-refractivity contribution in [2.75, 3.05) is 5.32 Å². The third-order valence-electron chi connectivity index (χ3n) is 3.23. The topological polar surface area (TPSA) is 63.0 Å². The Bertz CT molecular complexity index is 865. The third-order valence-corrected chi connectivity index (χ3v) is 3.97. The number of aryl methyl sites for hydroxylation is 1. The summed E-state index contributed by atoms with van der Waals surface area (Å²) >= 11 is 8.69. The number of benzene rings is 2. The summed E-state index contributed by atoms with van der Waals surface area (Å²) in [5.41, 5.74) is 2.98. The SMILES string of the molecule is Cc1cccc(-c2noc(CNC(=S)Nc3cccc(Br)c3)n2)c1.